The van der Waals surface area contributed by atoms with Gasteiger partial charge in [-0.2, -0.15) is 18.3 Å². The third kappa shape index (κ3) is 3.41. The number of amides is 1. The number of aromatic nitrogens is 4. The number of nitrogens with one attached hydrogen (secondary N) is 1. The molecule has 1 fully saturated rings. The Hall–Kier alpha value is -3.36. The number of aromatic amines is 1. The highest BCUT2D eigenvalue weighted by Gasteiger charge is 2.36. The molecule has 6 nitrogen and oxygen atoms in total. The Bertz CT molecular complexity index is 1330. The van der Waals surface area contributed by atoms with E-state index < -0.39 is 11.9 Å². The van der Waals surface area contributed by atoms with Gasteiger partial charge in [0.25, 0.3) is 5.91 Å². The topological polar surface area (TPSA) is 66.3 Å². The number of hydrogen-bond donors (Lipinski definition) is 1. The molecular weight excluding hydrogens is 419 g/mol. The normalized spacial score (nSPS) is 15.7. The van der Waals surface area contributed by atoms with Gasteiger partial charge in [-0.3, -0.25) is 4.79 Å². The van der Waals surface area contributed by atoms with Crippen LogP contribution in [-0.2, 0) is 6.18 Å². The van der Waals surface area contributed by atoms with E-state index >= 15 is 0 Å². The number of H-pyrrole nitrogens is 1. The van der Waals surface area contributed by atoms with E-state index in [9.17, 15) is 18.0 Å². The van der Waals surface area contributed by atoms with Gasteiger partial charge < -0.3 is 9.88 Å². The number of piperidine rings is 1. The number of carbonyl (C=O) groups is 1. The lowest BCUT2D eigenvalue weighted by Gasteiger charge is -2.32. The average Bonchev–Trinajstić information content (AvgIpc) is 3.31. The number of para-hydroxylation sites is 1. The Labute approximate surface area is 182 Å². The predicted molar refractivity (Wildman–Crippen MR) is 114 cm³/mol. The number of benzene rings is 1. The quantitative estimate of drug-likeness (QED) is 0.483. The van der Waals surface area contributed by atoms with Crippen LogP contribution in [0.2, 0.25) is 0 Å². The second-order valence-corrected chi connectivity index (χ2v) is 8.36. The van der Waals surface area contributed by atoms with E-state index in [-0.39, 0.29) is 17.5 Å². The molecule has 166 valence electrons. The first-order valence-electron chi connectivity index (χ1n) is 10.5. The largest absolute Gasteiger partial charge is 0.433 e. The highest BCUT2D eigenvalue weighted by molar-refractivity contribution is 6.00. The Morgan fingerprint density at radius 3 is 2.53 bits per heavy atom. The maximum absolute atomic E-state index is 13.6. The summed E-state index contributed by atoms with van der Waals surface area (Å²) in [5, 5.41) is 4.95. The fourth-order valence-electron chi connectivity index (χ4n) is 4.55. The first-order valence-corrected chi connectivity index (χ1v) is 10.5. The molecule has 0 radical (unpaired) electrons. The Balaban J connectivity index is 1.38. The molecule has 0 saturated carbocycles. The van der Waals surface area contributed by atoms with Crippen LogP contribution in [0.15, 0.2) is 36.4 Å². The molecule has 5 rings (SSSR count). The molecular formula is C23H22F3N5O. The number of halogens is 3. The first kappa shape index (κ1) is 20.5. The first-order chi connectivity index (χ1) is 15.2. The van der Waals surface area contributed by atoms with E-state index in [2.05, 4.69) is 15.1 Å². The molecule has 1 N–H and O–H groups in total. The fourth-order valence-corrected chi connectivity index (χ4v) is 4.55. The number of alkyl halides is 3. The van der Waals surface area contributed by atoms with Gasteiger partial charge in [0.1, 0.15) is 11.4 Å². The smallest absolute Gasteiger partial charge is 0.350 e. The monoisotopic (exact) mass is 441 g/mol. The van der Waals surface area contributed by atoms with E-state index in [0.717, 1.165) is 27.0 Å². The van der Waals surface area contributed by atoms with Gasteiger partial charge in [-0.1, -0.05) is 18.2 Å². The summed E-state index contributed by atoms with van der Waals surface area (Å²) in [4.78, 5) is 22.5. The zero-order valence-electron chi connectivity index (χ0n) is 17.7. The molecule has 32 heavy (non-hydrogen) atoms. The minimum absolute atomic E-state index is 0.0806. The van der Waals surface area contributed by atoms with Gasteiger partial charge in [-0.15, -0.1) is 0 Å². The second kappa shape index (κ2) is 7.36. The van der Waals surface area contributed by atoms with Gasteiger partial charge >= 0.3 is 6.18 Å². The van der Waals surface area contributed by atoms with Crippen LogP contribution < -0.4 is 0 Å². The van der Waals surface area contributed by atoms with E-state index in [1.165, 1.54) is 0 Å². The molecule has 0 bridgehead atoms. The Kier molecular flexibility index (Phi) is 4.72. The summed E-state index contributed by atoms with van der Waals surface area (Å²) in [6, 6.07) is 10.4. The maximum atomic E-state index is 13.6. The van der Waals surface area contributed by atoms with Crippen LogP contribution in [0.25, 0.3) is 16.6 Å². The molecule has 1 saturated heterocycles. The van der Waals surface area contributed by atoms with Crippen LogP contribution >= 0.6 is 0 Å². The molecule has 3 aromatic heterocycles. The predicted octanol–water partition coefficient (Wildman–Crippen LogP) is 4.87. The minimum atomic E-state index is -4.53. The van der Waals surface area contributed by atoms with Gasteiger partial charge in [0.15, 0.2) is 5.65 Å². The van der Waals surface area contributed by atoms with E-state index in [4.69, 9.17) is 0 Å². The third-order valence-corrected chi connectivity index (χ3v) is 6.24. The van der Waals surface area contributed by atoms with Crippen LogP contribution in [0.5, 0.6) is 0 Å². The third-order valence-electron chi connectivity index (χ3n) is 6.24. The number of likely N-dealkylation sites (tertiary alicyclic amines) is 1. The summed E-state index contributed by atoms with van der Waals surface area (Å²) in [6.07, 6.45) is -3.42. The van der Waals surface area contributed by atoms with Crippen molar-refractivity contribution in [1.82, 2.24) is 24.5 Å². The lowest BCUT2D eigenvalue weighted by molar-refractivity contribution is -0.142. The summed E-state index contributed by atoms with van der Waals surface area (Å²) in [5.41, 5.74) is 2.64. The van der Waals surface area contributed by atoms with E-state index in [0.29, 0.717) is 43.0 Å². The molecule has 1 aromatic carbocycles. The second-order valence-electron chi connectivity index (χ2n) is 8.36. The van der Waals surface area contributed by atoms with Crippen molar-refractivity contribution in [3.63, 3.8) is 0 Å². The number of rotatable bonds is 2. The van der Waals surface area contributed by atoms with Crippen LogP contribution in [-0.4, -0.2) is 43.5 Å². The standard InChI is InChI=1S/C23H22F3N5O/c1-13-11-20-27-18(12-19(23(24,25)26)31(20)29-13)15-7-9-30(10-8-15)22(32)21-14(2)16-5-3-4-6-17(16)28-21/h3-6,11-12,15,28H,7-10H2,1-2H3. The minimum Gasteiger partial charge on any atom is -0.350 e. The fraction of sp³-hybridized carbons (Fsp3) is 0.348. The number of aryl methyl sites for hydroxylation is 2. The highest BCUT2D eigenvalue weighted by atomic mass is 19.4. The number of fused-ring (bicyclic) bond motifs is 2. The lowest BCUT2D eigenvalue weighted by atomic mass is 9.92. The zero-order chi connectivity index (χ0) is 22.6. The molecule has 0 spiro atoms. The summed E-state index contributed by atoms with van der Waals surface area (Å²) < 4.78 is 41.7. The van der Waals surface area contributed by atoms with Gasteiger partial charge in [0.05, 0.1) is 5.69 Å². The van der Waals surface area contributed by atoms with Crippen LogP contribution in [0, 0.1) is 13.8 Å². The molecule has 4 aromatic rings. The number of nitrogens with zero attached hydrogens (tertiary/aromatic N) is 4. The average molecular weight is 441 g/mol. The Morgan fingerprint density at radius 1 is 1.12 bits per heavy atom. The van der Waals surface area contributed by atoms with Gasteiger partial charge in [0.2, 0.25) is 0 Å². The van der Waals surface area contributed by atoms with Crippen molar-refractivity contribution < 1.29 is 18.0 Å². The SMILES string of the molecule is Cc1cc2nc(C3CCN(C(=O)c4[nH]c5ccccc5c4C)CC3)cc(C(F)(F)F)n2n1. The number of hydrogen-bond acceptors (Lipinski definition) is 3. The zero-order valence-corrected chi connectivity index (χ0v) is 17.7. The van der Waals surface area contributed by atoms with Crippen molar-refractivity contribution in [2.24, 2.45) is 0 Å². The van der Waals surface area contributed by atoms with Crippen LogP contribution in [0.1, 0.15) is 51.9 Å². The van der Waals surface area contributed by atoms with Gasteiger partial charge in [0, 0.05) is 41.7 Å². The van der Waals surface area contributed by atoms with Crippen molar-refractivity contribution in [3.8, 4) is 0 Å². The van der Waals surface area contributed by atoms with Crippen molar-refractivity contribution in [2.45, 2.75) is 38.8 Å². The lowest BCUT2D eigenvalue weighted by Crippen LogP contribution is -2.38. The molecule has 0 unspecified atom stereocenters. The summed E-state index contributed by atoms with van der Waals surface area (Å²) in [6.45, 7) is 4.49. The summed E-state index contributed by atoms with van der Waals surface area (Å²) in [5.74, 6) is -0.230. The molecule has 1 amide bonds. The molecule has 9 heteroatoms. The molecule has 1 aliphatic heterocycles. The van der Waals surface area contributed by atoms with Crippen molar-refractivity contribution >= 4 is 22.5 Å². The highest BCUT2D eigenvalue weighted by Crippen LogP contribution is 2.34. The molecule has 0 atom stereocenters. The summed E-state index contributed by atoms with van der Waals surface area (Å²) in [7, 11) is 0. The van der Waals surface area contributed by atoms with E-state index in [1.54, 1.807) is 17.9 Å². The molecule has 0 aliphatic carbocycles. The Morgan fingerprint density at radius 2 is 1.84 bits per heavy atom. The van der Waals surface area contributed by atoms with Gasteiger partial charge in [-0.05, 0) is 44.4 Å². The summed E-state index contributed by atoms with van der Waals surface area (Å²) >= 11 is 0. The van der Waals surface area contributed by atoms with Crippen LogP contribution in [0.4, 0.5) is 13.2 Å². The molecule has 4 heterocycles. The van der Waals surface area contributed by atoms with Crippen LogP contribution in [0.3, 0.4) is 0 Å². The van der Waals surface area contributed by atoms with Crippen molar-refractivity contribution in [2.75, 3.05) is 13.1 Å². The maximum Gasteiger partial charge on any atom is 0.433 e. The number of carbonyl (C=O) groups excluding carboxylic acids is 1. The van der Waals surface area contributed by atoms with Crippen molar-refractivity contribution in [1.29, 1.82) is 0 Å². The van der Waals surface area contributed by atoms with E-state index in [1.807, 2.05) is 31.2 Å². The van der Waals surface area contributed by atoms with Crippen molar-refractivity contribution in [3.05, 3.63) is 64.7 Å². The van der Waals surface area contributed by atoms with Gasteiger partial charge in [-0.25, -0.2) is 9.50 Å². The molecule has 1 aliphatic rings.